The fourth-order valence-electron chi connectivity index (χ4n) is 3.22. The summed E-state index contributed by atoms with van der Waals surface area (Å²) in [5.41, 5.74) is 7.91. The van der Waals surface area contributed by atoms with E-state index in [4.69, 9.17) is 5.73 Å². The molecule has 2 heterocycles. The molecule has 2 N–H and O–H groups in total. The number of nitriles is 1. The SMILES string of the molecule is N#CC1(c2ccccc2)CC(n2cc(-c3ccc(N)nc3)nn2)C1. The number of nitrogens with zero attached hydrogens (tertiary/aromatic N) is 5. The molecule has 6 heteroatoms. The summed E-state index contributed by atoms with van der Waals surface area (Å²) in [6.45, 7) is 0. The molecule has 24 heavy (non-hydrogen) atoms. The Kier molecular flexibility index (Phi) is 3.28. The Morgan fingerprint density at radius 1 is 1.17 bits per heavy atom. The molecule has 0 unspecified atom stereocenters. The number of benzene rings is 1. The molecule has 118 valence electrons. The first-order chi connectivity index (χ1) is 11.7. The average molecular weight is 316 g/mol. The first kappa shape index (κ1) is 14.4. The number of rotatable bonds is 3. The van der Waals surface area contributed by atoms with Crippen LogP contribution in [0.4, 0.5) is 5.82 Å². The van der Waals surface area contributed by atoms with Gasteiger partial charge in [-0.3, -0.25) is 0 Å². The lowest BCUT2D eigenvalue weighted by Gasteiger charge is -2.42. The van der Waals surface area contributed by atoms with Crippen molar-refractivity contribution in [2.75, 3.05) is 5.73 Å². The third kappa shape index (κ3) is 2.31. The number of pyridine rings is 1. The summed E-state index contributed by atoms with van der Waals surface area (Å²) >= 11 is 0. The zero-order chi connectivity index (χ0) is 16.6. The summed E-state index contributed by atoms with van der Waals surface area (Å²) in [6, 6.07) is 16.3. The Bertz CT molecular complexity index is 885. The lowest BCUT2D eigenvalue weighted by atomic mass is 9.62. The van der Waals surface area contributed by atoms with Crippen LogP contribution in [0.15, 0.2) is 54.9 Å². The van der Waals surface area contributed by atoms with Crippen molar-refractivity contribution in [3.8, 4) is 17.3 Å². The summed E-state index contributed by atoms with van der Waals surface area (Å²) in [5, 5.41) is 18.1. The summed E-state index contributed by atoms with van der Waals surface area (Å²) in [4.78, 5) is 4.08. The fraction of sp³-hybridized carbons (Fsp3) is 0.222. The van der Waals surface area contributed by atoms with E-state index in [9.17, 15) is 5.26 Å². The lowest BCUT2D eigenvalue weighted by molar-refractivity contribution is 0.184. The van der Waals surface area contributed by atoms with Crippen LogP contribution in [-0.4, -0.2) is 20.0 Å². The lowest BCUT2D eigenvalue weighted by Crippen LogP contribution is -2.41. The van der Waals surface area contributed by atoms with Gasteiger partial charge in [-0.2, -0.15) is 5.26 Å². The molecule has 1 aliphatic rings. The Balaban J connectivity index is 1.53. The molecule has 0 amide bonds. The molecule has 1 aromatic carbocycles. The summed E-state index contributed by atoms with van der Waals surface area (Å²) in [6.07, 6.45) is 5.09. The largest absolute Gasteiger partial charge is 0.384 e. The molecule has 2 aromatic heterocycles. The minimum absolute atomic E-state index is 0.188. The maximum absolute atomic E-state index is 9.65. The second-order valence-corrected chi connectivity index (χ2v) is 6.18. The van der Waals surface area contributed by atoms with E-state index < -0.39 is 5.41 Å². The Morgan fingerprint density at radius 2 is 1.96 bits per heavy atom. The van der Waals surface area contributed by atoms with Gasteiger partial charge in [-0.1, -0.05) is 35.5 Å². The number of anilines is 1. The van der Waals surface area contributed by atoms with Gasteiger partial charge in [0.15, 0.2) is 0 Å². The van der Waals surface area contributed by atoms with Gasteiger partial charge in [-0.05, 0) is 30.5 Å². The molecule has 3 aromatic rings. The van der Waals surface area contributed by atoms with E-state index >= 15 is 0 Å². The van der Waals surface area contributed by atoms with Crippen LogP contribution < -0.4 is 5.73 Å². The van der Waals surface area contributed by atoms with Crippen molar-refractivity contribution in [1.82, 2.24) is 20.0 Å². The molecule has 4 rings (SSSR count). The molecular formula is C18H16N6. The van der Waals surface area contributed by atoms with Crippen LogP contribution in [0.1, 0.15) is 24.4 Å². The van der Waals surface area contributed by atoms with E-state index in [2.05, 4.69) is 21.4 Å². The van der Waals surface area contributed by atoms with Crippen molar-refractivity contribution < 1.29 is 0 Å². The van der Waals surface area contributed by atoms with Crippen molar-refractivity contribution >= 4 is 5.82 Å². The monoisotopic (exact) mass is 316 g/mol. The van der Waals surface area contributed by atoms with Crippen LogP contribution in [0, 0.1) is 11.3 Å². The minimum Gasteiger partial charge on any atom is -0.384 e. The molecule has 6 nitrogen and oxygen atoms in total. The molecule has 0 bridgehead atoms. The number of aromatic nitrogens is 4. The second-order valence-electron chi connectivity index (χ2n) is 6.18. The van der Waals surface area contributed by atoms with E-state index in [1.807, 2.05) is 47.3 Å². The summed E-state index contributed by atoms with van der Waals surface area (Å²) in [7, 11) is 0. The molecular weight excluding hydrogens is 300 g/mol. The predicted molar refractivity (Wildman–Crippen MR) is 89.7 cm³/mol. The number of nitrogen functional groups attached to an aromatic ring is 1. The number of nitrogens with two attached hydrogens (primary N) is 1. The van der Waals surface area contributed by atoms with E-state index in [1.54, 1.807) is 12.3 Å². The standard InChI is InChI=1S/C18H16N6/c19-12-18(14-4-2-1-3-5-14)8-15(9-18)24-11-16(22-23-24)13-6-7-17(20)21-10-13/h1-7,10-11,15H,8-9H2,(H2,20,21). The van der Waals surface area contributed by atoms with Gasteiger partial charge in [0, 0.05) is 11.8 Å². The van der Waals surface area contributed by atoms with Crippen LogP contribution in [0.3, 0.4) is 0 Å². The average Bonchev–Trinajstić information content (AvgIpc) is 3.06. The van der Waals surface area contributed by atoms with Gasteiger partial charge in [-0.15, -0.1) is 5.10 Å². The van der Waals surface area contributed by atoms with Gasteiger partial charge in [-0.25, -0.2) is 9.67 Å². The Hall–Kier alpha value is -3.20. The third-order valence-corrected chi connectivity index (χ3v) is 4.68. The molecule has 0 spiro atoms. The van der Waals surface area contributed by atoms with Crippen molar-refractivity contribution in [2.24, 2.45) is 0 Å². The fourth-order valence-corrected chi connectivity index (χ4v) is 3.22. The van der Waals surface area contributed by atoms with Gasteiger partial charge >= 0.3 is 0 Å². The van der Waals surface area contributed by atoms with Crippen molar-refractivity contribution in [1.29, 1.82) is 5.26 Å². The summed E-state index contributed by atoms with van der Waals surface area (Å²) < 4.78 is 1.85. The molecule has 1 aliphatic carbocycles. The highest BCUT2D eigenvalue weighted by Gasteiger charge is 2.47. The molecule has 1 fully saturated rings. The number of hydrogen-bond acceptors (Lipinski definition) is 5. The molecule has 0 atom stereocenters. The molecule has 1 saturated carbocycles. The highest BCUT2D eigenvalue weighted by molar-refractivity contribution is 5.57. The Labute approximate surface area is 139 Å². The number of hydrogen-bond donors (Lipinski definition) is 1. The maximum atomic E-state index is 9.65. The summed E-state index contributed by atoms with van der Waals surface area (Å²) in [5.74, 6) is 0.479. The van der Waals surface area contributed by atoms with E-state index in [-0.39, 0.29) is 6.04 Å². The second kappa shape index (κ2) is 5.46. The predicted octanol–water partition coefficient (Wildman–Crippen LogP) is 2.72. The van der Waals surface area contributed by atoms with E-state index in [0.29, 0.717) is 5.82 Å². The van der Waals surface area contributed by atoms with Crippen molar-refractivity contribution in [3.05, 3.63) is 60.4 Å². The van der Waals surface area contributed by atoms with Gasteiger partial charge < -0.3 is 5.73 Å². The normalized spacial score (nSPS) is 22.5. The highest BCUT2D eigenvalue weighted by atomic mass is 15.4. The van der Waals surface area contributed by atoms with Crippen LogP contribution in [0.2, 0.25) is 0 Å². The molecule has 0 aliphatic heterocycles. The van der Waals surface area contributed by atoms with Crippen LogP contribution in [0.25, 0.3) is 11.3 Å². The first-order valence-corrected chi connectivity index (χ1v) is 7.81. The third-order valence-electron chi connectivity index (χ3n) is 4.68. The van der Waals surface area contributed by atoms with E-state index in [0.717, 1.165) is 29.7 Å². The molecule has 0 radical (unpaired) electrons. The Morgan fingerprint density at radius 3 is 2.62 bits per heavy atom. The van der Waals surface area contributed by atoms with Gasteiger partial charge in [0.2, 0.25) is 0 Å². The molecule has 0 saturated heterocycles. The minimum atomic E-state index is -0.416. The van der Waals surface area contributed by atoms with Gasteiger partial charge in [0.1, 0.15) is 11.5 Å². The van der Waals surface area contributed by atoms with Gasteiger partial charge in [0.25, 0.3) is 0 Å². The van der Waals surface area contributed by atoms with Crippen molar-refractivity contribution in [3.63, 3.8) is 0 Å². The van der Waals surface area contributed by atoms with Crippen LogP contribution in [-0.2, 0) is 5.41 Å². The highest BCUT2D eigenvalue weighted by Crippen LogP contribution is 2.49. The zero-order valence-electron chi connectivity index (χ0n) is 13.0. The first-order valence-electron chi connectivity index (χ1n) is 7.81. The smallest absolute Gasteiger partial charge is 0.123 e. The van der Waals surface area contributed by atoms with Crippen LogP contribution in [0.5, 0.6) is 0 Å². The van der Waals surface area contributed by atoms with Gasteiger partial charge in [0.05, 0.1) is 23.7 Å². The topological polar surface area (TPSA) is 93.4 Å². The zero-order valence-corrected chi connectivity index (χ0v) is 13.0. The quantitative estimate of drug-likeness (QED) is 0.802. The van der Waals surface area contributed by atoms with Crippen molar-refractivity contribution in [2.45, 2.75) is 24.3 Å². The van der Waals surface area contributed by atoms with E-state index in [1.165, 1.54) is 0 Å². The van der Waals surface area contributed by atoms with Crippen LogP contribution >= 0.6 is 0 Å². The maximum Gasteiger partial charge on any atom is 0.123 e.